The lowest BCUT2D eigenvalue weighted by Gasteiger charge is -2.11. The molecule has 0 saturated carbocycles. The average molecular weight is 328 g/mol. The van der Waals surface area contributed by atoms with Crippen molar-refractivity contribution in [2.75, 3.05) is 10.6 Å². The van der Waals surface area contributed by atoms with Crippen LogP contribution >= 0.6 is 0 Å². The summed E-state index contributed by atoms with van der Waals surface area (Å²) in [7, 11) is 0. The lowest BCUT2D eigenvalue weighted by atomic mass is 10.2. The van der Waals surface area contributed by atoms with Crippen LogP contribution in [0, 0.1) is 12.7 Å². The third-order valence-corrected chi connectivity index (χ3v) is 2.78. The van der Waals surface area contributed by atoms with Gasteiger partial charge in [0.05, 0.1) is 0 Å². The Kier molecular flexibility index (Phi) is 4.73. The Hall–Kier alpha value is -2.77. The van der Waals surface area contributed by atoms with Gasteiger partial charge in [0, 0.05) is 11.4 Å². The summed E-state index contributed by atoms with van der Waals surface area (Å²) in [5, 5.41) is 4.95. The molecule has 0 spiro atoms. The first-order chi connectivity index (χ1) is 10.7. The van der Waals surface area contributed by atoms with E-state index >= 15 is 0 Å². The van der Waals surface area contributed by atoms with Gasteiger partial charge in [-0.15, -0.1) is 13.2 Å². The maximum absolute atomic E-state index is 13.0. The molecule has 0 fully saturated rings. The second-order valence-corrected chi connectivity index (χ2v) is 4.61. The van der Waals surface area contributed by atoms with Crippen molar-refractivity contribution in [2.24, 2.45) is 0 Å². The van der Waals surface area contributed by atoms with Gasteiger partial charge in [-0.1, -0.05) is 0 Å². The summed E-state index contributed by atoms with van der Waals surface area (Å²) in [5.41, 5.74) is 1.23. The summed E-state index contributed by atoms with van der Waals surface area (Å²) >= 11 is 0. The molecule has 2 N–H and O–H groups in total. The number of hydrogen-bond donors (Lipinski definition) is 2. The molecule has 0 aliphatic rings. The number of urea groups is 1. The van der Waals surface area contributed by atoms with Gasteiger partial charge < -0.3 is 15.4 Å². The third kappa shape index (κ3) is 5.17. The predicted octanol–water partition coefficient (Wildman–Crippen LogP) is 4.68. The Labute approximate surface area is 129 Å². The number of hydrogen-bond acceptors (Lipinski definition) is 2. The number of benzene rings is 2. The van der Waals surface area contributed by atoms with Gasteiger partial charge in [-0.05, 0) is 55.0 Å². The van der Waals surface area contributed by atoms with E-state index in [1.54, 1.807) is 6.92 Å². The maximum atomic E-state index is 13.0. The summed E-state index contributed by atoms with van der Waals surface area (Å²) in [4.78, 5) is 11.8. The topological polar surface area (TPSA) is 50.4 Å². The second kappa shape index (κ2) is 6.55. The quantitative estimate of drug-likeness (QED) is 0.804. The van der Waals surface area contributed by atoms with E-state index in [1.165, 1.54) is 30.3 Å². The molecule has 122 valence electrons. The first kappa shape index (κ1) is 16.6. The highest BCUT2D eigenvalue weighted by molar-refractivity contribution is 6.00. The van der Waals surface area contributed by atoms with Crippen LogP contribution in [0.1, 0.15) is 5.56 Å². The normalized spacial score (nSPS) is 11.0. The van der Waals surface area contributed by atoms with Crippen LogP contribution in [-0.2, 0) is 0 Å². The van der Waals surface area contributed by atoms with Crippen molar-refractivity contribution in [1.29, 1.82) is 0 Å². The van der Waals surface area contributed by atoms with Crippen LogP contribution in [0.2, 0.25) is 0 Å². The summed E-state index contributed by atoms with van der Waals surface area (Å²) in [5.74, 6) is -0.813. The summed E-state index contributed by atoms with van der Waals surface area (Å²) in [6, 6.07) is 7.94. The van der Waals surface area contributed by atoms with Crippen molar-refractivity contribution in [3.05, 3.63) is 53.8 Å². The number of amides is 2. The fourth-order valence-corrected chi connectivity index (χ4v) is 1.79. The predicted molar refractivity (Wildman–Crippen MR) is 76.9 cm³/mol. The Morgan fingerprint density at radius 3 is 2.26 bits per heavy atom. The summed E-state index contributed by atoms with van der Waals surface area (Å²) < 4.78 is 52.8. The standard InChI is InChI=1S/C15H12F4N2O2/c1-9-8-10(16)2-7-13(9)21-14(22)20-11-3-5-12(6-4-11)23-15(17,18)19/h2-8H,1H3,(H2,20,21,22). The summed E-state index contributed by atoms with van der Waals surface area (Å²) in [6.45, 7) is 1.63. The van der Waals surface area contributed by atoms with Crippen molar-refractivity contribution in [3.8, 4) is 5.75 Å². The van der Waals surface area contributed by atoms with Crippen molar-refractivity contribution < 1.29 is 27.1 Å². The molecule has 23 heavy (non-hydrogen) atoms. The van der Waals surface area contributed by atoms with E-state index in [4.69, 9.17) is 0 Å². The monoisotopic (exact) mass is 328 g/mol. The van der Waals surface area contributed by atoms with Crippen LogP contribution in [0.3, 0.4) is 0 Å². The van der Waals surface area contributed by atoms with Gasteiger partial charge in [-0.3, -0.25) is 0 Å². The Morgan fingerprint density at radius 2 is 1.70 bits per heavy atom. The zero-order valence-corrected chi connectivity index (χ0v) is 11.9. The minimum Gasteiger partial charge on any atom is -0.406 e. The molecule has 4 nitrogen and oxygen atoms in total. The first-order valence-electron chi connectivity index (χ1n) is 6.43. The lowest BCUT2D eigenvalue weighted by Crippen LogP contribution is -2.20. The molecule has 0 atom stereocenters. The molecule has 8 heteroatoms. The lowest BCUT2D eigenvalue weighted by molar-refractivity contribution is -0.274. The highest BCUT2D eigenvalue weighted by atomic mass is 19.4. The number of alkyl halides is 3. The van der Waals surface area contributed by atoms with Crippen molar-refractivity contribution in [2.45, 2.75) is 13.3 Å². The molecule has 0 aliphatic carbocycles. The summed E-state index contributed by atoms with van der Waals surface area (Å²) in [6.07, 6.45) is -4.77. The zero-order valence-electron chi connectivity index (χ0n) is 11.9. The fourth-order valence-electron chi connectivity index (χ4n) is 1.79. The highest BCUT2D eigenvalue weighted by Crippen LogP contribution is 2.24. The first-order valence-corrected chi connectivity index (χ1v) is 6.43. The zero-order chi connectivity index (χ0) is 17.0. The molecule has 2 rings (SSSR count). The van der Waals surface area contributed by atoms with E-state index in [0.717, 1.165) is 12.1 Å². The van der Waals surface area contributed by atoms with Crippen LogP contribution in [-0.4, -0.2) is 12.4 Å². The van der Waals surface area contributed by atoms with Gasteiger partial charge in [0.1, 0.15) is 11.6 Å². The van der Waals surface area contributed by atoms with E-state index in [9.17, 15) is 22.4 Å². The van der Waals surface area contributed by atoms with Gasteiger partial charge in [0.25, 0.3) is 0 Å². The third-order valence-electron chi connectivity index (χ3n) is 2.78. The van der Waals surface area contributed by atoms with Crippen LogP contribution < -0.4 is 15.4 Å². The van der Waals surface area contributed by atoms with Crippen molar-refractivity contribution >= 4 is 17.4 Å². The van der Waals surface area contributed by atoms with Crippen LogP contribution in [0.25, 0.3) is 0 Å². The SMILES string of the molecule is Cc1cc(F)ccc1NC(=O)Nc1ccc(OC(F)(F)F)cc1. The molecule has 0 aliphatic heterocycles. The number of anilines is 2. The van der Waals surface area contributed by atoms with E-state index in [1.807, 2.05) is 0 Å². The maximum Gasteiger partial charge on any atom is 0.573 e. The molecule has 2 amide bonds. The number of carbonyl (C=O) groups excluding carboxylic acids is 1. The minimum absolute atomic E-state index is 0.275. The van der Waals surface area contributed by atoms with E-state index in [2.05, 4.69) is 15.4 Å². The Balaban J connectivity index is 1.97. The van der Waals surface area contributed by atoms with E-state index in [0.29, 0.717) is 11.3 Å². The Bertz CT molecular complexity index is 700. The number of ether oxygens (including phenoxy) is 1. The van der Waals surface area contributed by atoms with E-state index < -0.39 is 24.0 Å². The molecule has 0 bridgehead atoms. The molecule has 0 saturated heterocycles. The molecule has 0 radical (unpaired) electrons. The molecule has 0 unspecified atom stereocenters. The van der Waals surface area contributed by atoms with Gasteiger partial charge in [0.15, 0.2) is 0 Å². The number of rotatable bonds is 3. The molecular formula is C15H12F4N2O2. The largest absolute Gasteiger partial charge is 0.573 e. The van der Waals surface area contributed by atoms with Gasteiger partial charge in [0.2, 0.25) is 0 Å². The van der Waals surface area contributed by atoms with Crippen molar-refractivity contribution in [3.63, 3.8) is 0 Å². The van der Waals surface area contributed by atoms with Gasteiger partial charge >= 0.3 is 12.4 Å². The molecule has 2 aromatic carbocycles. The van der Waals surface area contributed by atoms with Crippen molar-refractivity contribution in [1.82, 2.24) is 0 Å². The van der Waals surface area contributed by atoms with Gasteiger partial charge in [-0.25, -0.2) is 9.18 Å². The molecule has 0 heterocycles. The molecular weight excluding hydrogens is 316 g/mol. The smallest absolute Gasteiger partial charge is 0.406 e. The molecule has 2 aromatic rings. The minimum atomic E-state index is -4.77. The van der Waals surface area contributed by atoms with Crippen LogP contribution in [0.15, 0.2) is 42.5 Å². The van der Waals surface area contributed by atoms with Gasteiger partial charge in [-0.2, -0.15) is 0 Å². The second-order valence-electron chi connectivity index (χ2n) is 4.61. The number of halogens is 4. The average Bonchev–Trinajstić information content (AvgIpc) is 2.42. The van der Waals surface area contributed by atoms with Crippen LogP contribution in [0.5, 0.6) is 5.75 Å². The Morgan fingerprint density at radius 1 is 1.04 bits per heavy atom. The van der Waals surface area contributed by atoms with Crippen LogP contribution in [0.4, 0.5) is 33.7 Å². The molecule has 0 aromatic heterocycles. The highest BCUT2D eigenvalue weighted by Gasteiger charge is 2.30. The number of nitrogens with one attached hydrogen (secondary N) is 2. The number of aryl methyl sites for hydroxylation is 1. The number of carbonyl (C=O) groups is 1. The van der Waals surface area contributed by atoms with E-state index in [-0.39, 0.29) is 5.69 Å². The fraction of sp³-hybridized carbons (Fsp3) is 0.133.